The fourth-order valence-electron chi connectivity index (χ4n) is 2.47. The van der Waals surface area contributed by atoms with Crippen molar-refractivity contribution in [3.63, 3.8) is 0 Å². The molecule has 0 aliphatic carbocycles. The van der Waals surface area contributed by atoms with E-state index < -0.39 is 10.8 Å². The van der Waals surface area contributed by atoms with Gasteiger partial charge in [0.2, 0.25) is 11.8 Å². The molecule has 0 fully saturated rings. The summed E-state index contributed by atoms with van der Waals surface area (Å²) in [5, 5.41) is 16.3. The number of nitro benzene ring substituents is 1. The van der Waals surface area contributed by atoms with Gasteiger partial charge in [0.15, 0.2) is 5.11 Å². The van der Waals surface area contributed by atoms with E-state index in [2.05, 4.69) is 10.6 Å². The molecule has 0 bridgehead atoms. The van der Waals surface area contributed by atoms with Gasteiger partial charge in [-0.15, -0.1) is 0 Å². The molecule has 2 aromatic rings. The van der Waals surface area contributed by atoms with Crippen LogP contribution in [-0.2, 0) is 16.0 Å². The first-order valence-corrected chi connectivity index (χ1v) is 9.49. The summed E-state index contributed by atoms with van der Waals surface area (Å²) in [5.74, 6) is -0.380. The van der Waals surface area contributed by atoms with E-state index in [1.807, 2.05) is 24.3 Å². The molecule has 2 rings (SSSR count). The van der Waals surface area contributed by atoms with Crippen LogP contribution in [0, 0.1) is 10.1 Å². The number of nitrogens with one attached hydrogen (secondary N) is 2. The summed E-state index contributed by atoms with van der Waals surface area (Å²) >= 11 is 5.16. The molecule has 156 valence electrons. The molecule has 0 heterocycles. The quantitative estimate of drug-likeness (QED) is 0.305. The second kappa shape index (κ2) is 10.8. The summed E-state index contributed by atoms with van der Waals surface area (Å²) in [7, 11) is 3.44. The summed E-state index contributed by atoms with van der Waals surface area (Å²) in [6, 6.07) is 13.3. The Morgan fingerprint density at radius 2 is 1.87 bits per heavy atom. The monoisotopic (exact) mass is 426 g/mol. The maximum absolute atomic E-state index is 12.0. The molecule has 2 amide bonds. The Hall–Kier alpha value is -3.59. The standard InChI is InChI=1S/C21H22N4O4S/c1-24(2)20(27)13-9-16-4-3-5-17(14-16)22-21(30)23-19(26)12-8-15-6-10-18(11-7-15)25(28)29/h3-8,10-12,14H,9,13H2,1-2H3,(H2,22,23,26,30)/b12-8+. The molecular formula is C21H22N4O4S. The van der Waals surface area contributed by atoms with Crippen LogP contribution in [0.5, 0.6) is 0 Å². The van der Waals surface area contributed by atoms with Crippen LogP contribution in [0.3, 0.4) is 0 Å². The number of benzene rings is 2. The highest BCUT2D eigenvalue weighted by Crippen LogP contribution is 2.14. The molecule has 30 heavy (non-hydrogen) atoms. The maximum atomic E-state index is 12.0. The van der Waals surface area contributed by atoms with E-state index in [4.69, 9.17) is 12.2 Å². The van der Waals surface area contributed by atoms with E-state index in [-0.39, 0.29) is 16.7 Å². The van der Waals surface area contributed by atoms with Gasteiger partial charge >= 0.3 is 0 Å². The maximum Gasteiger partial charge on any atom is 0.269 e. The van der Waals surface area contributed by atoms with Gasteiger partial charge in [-0.3, -0.25) is 25.0 Å². The van der Waals surface area contributed by atoms with Crippen molar-refractivity contribution < 1.29 is 14.5 Å². The Morgan fingerprint density at radius 1 is 1.17 bits per heavy atom. The lowest BCUT2D eigenvalue weighted by Crippen LogP contribution is -2.32. The number of carbonyl (C=O) groups is 2. The third-order valence-corrected chi connectivity index (χ3v) is 4.28. The summed E-state index contributed by atoms with van der Waals surface area (Å²) in [5.41, 5.74) is 2.31. The Balaban J connectivity index is 1.87. The van der Waals surface area contributed by atoms with Crippen LogP contribution in [0.15, 0.2) is 54.6 Å². The molecular weight excluding hydrogens is 404 g/mol. The van der Waals surface area contributed by atoms with E-state index in [1.165, 1.54) is 24.3 Å². The van der Waals surface area contributed by atoms with Crippen molar-refractivity contribution in [3.8, 4) is 0 Å². The van der Waals surface area contributed by atoms with Gasteiger partial charge in [0, 0.05) is 44.4 Å². The molecule has 0 unspecified atom stereocenters. The van der Waals surface area contributed by atoms with Crippen LogP contribution >= 0.6 is 12.2 Å². The topological polar surface area (TPSA) is 105 Å². The number of hydrogen-bond acceptors (Lipinski definition) is 5. The predicted octanol–water partition coefficient (Wildman–Crippen LogP) is 3.14. The zero-order chi connectivity index (χ0) is 22.1. The highest BCUT2D eigenvalue weighted by molar-refractivity contribution is 7.80. The van der Waals surface area contributed by atoms with Crippen molar-refractivity contribution in [2.75, 3.05) is 19.4 Å². The minimum Gasteiger partial charge on any atom is -0.349 e. The van der Waals surface area contributed by atoms with E-state index in [9.17, 15) is 19.7 Å². The number of carbonyl (C=O) groups excluding carboxylic acids is 2. The van der Waals surface area contributed by atoms with Crippen molar-refractivity contribution in [1.82, 2.24) is 10.2 Å². The summed E-state index contributed by atoms with van der Waals surface area (Å²) < 4.78 is 0. The van der Waals surface area contributed by atoms with Crippen LogP contribution in [-0.4, -0.2) is 40.8 Å². The first-order valence-electron chi connectivity index (χ1n) is 9.08. The second-order valence-electron chi connectivity index (χ2n) is 6.61. The van der Waals surface area contributed by atoms with E-state index >= 15 is 0 Å². The fraction of sp³-hybridized carbons (Fsp3) is 0.190. The zero-order valence-electron chi connectivity index (χ0n) is 16.6. The number of thiocarbonyl (C=S) groups is 1. The number of amides is 2. The van der Waals surface area contributed by atoms with Gasteiger partial charge in [0.05, 0.1) is 4.92 Å². The lowest BCUT2D eigenvalue weighted by Gasteiger charge is -2.11. The van der Waals surface area contributed by atoms with Gasteiger partial charge in [-0.05, 0) is 60.1 Å². The second-order valence-corrected chi connectivity index (χ2v) is 7.02. The molecule has 0 spiro atoms. The average Bonchev–Trinajstić information content (AvgIpc) is 2.70. The molecule has 8 nitrogen and oxygen atoms in total. The minimum atomic E-state index is -0.487. The van der Waals surface area contributed by atoms with Crippen molar-refractivity contribution in [3.05, 3.63) is 75.8 Å². The lowest BCUT2D eigenvalue weighted by molar-refractivity contribution is -0.384. The van der Waals surface area contributed by atoms with Crippen LogP contribution in [0.4, 0.5) is 11.4 Å². The van der Waals surface area contributed by atoms with Crippen LogP contribution in [0.25, 0.3) is 6.08 Å². The van der Waals surface area contributed by atoms with E-state index in [0.29, 0.717) is 24.1 Å². The van der Waals surface area contributed by atoms with Crippen LogP contribution < -0.4 is 10.6 Å². The zero-order valence-corrected chi connectivity index (χ0v) is 17.4. The number of anilines is 1. The number of hydrogen-bond donors (Lipinski definition) is 2. The normalized spacial score (nSPS) is 10.5. The van der Waals surface area contributed by atoms with Crippen LogP contribution in [0.2, 0.25) is 0 Å². The minimum absolute atomic E-state index is 0.0182. The SMILES string of the molecule is CN(C)C(=O)CCc1cccc(NC(=S)NC(=O)/C=C/c2ccc([N+](=O)[O-])cc2)c1. The molecule has 0 aliphatic rings. The predicted molar refractivity (Wildman–Crippen MR) is 120 cm³/mol. The first-order chi connectivity index (χ1) is 14.2. The van der Waals surface area contributed by atoms with Crippen molar-refractivity contribution in [2.24, 2.45) is 0 Å². The lowest BCUT2D eigenvalue weighted by atomic mass is 10.1. The van der Waals surface area contributed by atoms with Gasteiger partial charge < -0.3 is 10.2 Å². The number of nitrogens with zero attached hydrogens (tertiary/aromatic N) is 2. The summed E-state index contributed by atoms with van der Waals surface area (Å²) in [4.78, 5) is 35.5. The number of non-ortho nitro benzene ring substituents is 1. The van der Waals surface area contributed by atoms with Gasteiger partial charge in [0.1, 0.15) is 0 Å². The molecule has 0 atom stereocenters. The Labute approximate surface area is 179 Å². The third-order valence-electron chi connectivity index (χ3n) is 4.08. The molecule has 0 saturated heterocycles. The Kier molecular flexibility index (Phi) is 8.18. The Morgan fingerprint density at radius 3 is 2.50 bits per heavy atom. The van der Waals surface area contributed by atoms with Crippen molar-refractivity contribution >= 4 is 46.6 Å². The van der Waals surface area contributed by atoms with Gasteiger partial charge in [0.25, 0.3) is 5.69 Å². The fourth-order valence-corrected chi connectivity index (χ4v) is 2.69. The highest BCUT2D eigenvalue weighted by Gasteiger charge is 2.07. The smallest absolute Gasteiger partial charge is 0.269 e. The number of aryl methyl sites for hydroxylation is 1. The first kappa shape index (κ1) is 22.7. The largest absolute Gasteiger partial charge is 0.349 e. The molecule has 2 N–H and O–H groups in total. The summed E-state index contributed by atoms with van der Waals surface area (Å²) in [6.07, 6.45) is 3.83. The molecule has 0 radical (unpaired) electrons. The Bertz CT molecular complexity index is 971. The van der Waals surface area contributed by atoms with Gasteiger partial charge in [-0.25, -0.2) is 0 Å². The van der Waals surface area contributed by atoms with Crippen molar-refractivity contribution in [2.45, 2.75) is 12.8 Å². The van der Waals surface area contributed by atoms with Gasteiger partial charge in [-0.1, -0.05) is 12.1 Å². The summed E-state index contributed by atoms with van der Waals surface area (Å²) in [6.45, 7) is 0. The molecule has 0 aromatic heterocycles. The van der Waals surface area contributed by atoms with E-state index in [1.54, 1.807) is 31.1 Å². The van der Waals surface area contributed by atoms with Crippen molar-refractivity contribution in [1.29, 1.82) is 0 Å². The number of nitro groups is 1. The average molecular weight is 426 g/mol. The highest BCUT2D eigenvalue weighted by atomic mass is 32.1. The number of rotatable bonds is 7. The molecule has 0 aliphatic heterocycles. The van der Waals surface area contributed by atoms with E-state index in [0.717, 1.165) is 5.56 Å². The van der Waals surface area contributed by atoms with Gasteiger partial charge in [-0.2, -0.15) is 0 Å². The molecule has 2 aromatic carbocycles. The third kappa shape index (κ3) is 7.44. The van der Waals surface area contributed by atoms with Crippen LogP contribution in [0.1, 0.15) is 17.5 Å². The molecule has 9 heteroatoms. The molecule has 0 saturated carbocycles.